The number of halogens is 4. The Bertz CT molecular complexity index is 556. The van der Waals surface area contributed by atoms with Gasteiger partial charge in [-0.3, -0.25) is 0 Å². The number of aliphatic hydroxyl groups is 1. The lowest BCUT2D eigenvalue weighted by atomic mass is 10.0. The van der Waals surface area contributed by atoms with E-state index < -0.39 is 11.9 Å². The molecule has 2 rings (SSSR count). The van der Waals surface area contributed by atoms with Gasteiger partial charge >= 0.3 is 0 Å². The minimum atomic E-state index is -0.982. The lowest BCUT2D eigenvalue weighted by Crippen LogP contribution is -2.02. The Morgan fingerprint density at radius 2 is 1.82 bits per heavy atom. The molecule has 6 heteroatoms. The van der Waals surface area contributed by atoms with Gasteiger partial charge < -0.3 is 5.11 Å². The van der Waals surface area contributed by atoms with Crippen LogP contribution >= 0.6 is 59.1 Å². The predicted octanol–water partition coefficient (Wildman–Crippen LogP) is 5.26. The zero-order chi connectivity index (χ0) is 12.6. The molecule has 0 bridgehead atoms. The van der Waals surface area contributed by atoms with Crippen LogP contribution in [0.3, 0.4) is 0 Å². The van der Waals surface area contributed by atoms with Crippen molar-refractivity contribution in [3.63, 3.8) is 0 Å². The number of hydrogen-bond donors (Lipinski definition) is 1. The number of thiophene rings is 1. The molecule has 1 nitrogen and oxygen atoms in total. The van der Waals surface area contributed by atoms with Gasteiger partial charge in [-0.15, -0.1) is 11.3 Å². The smallest absolute Gasteiger partial charge is 0.129 e. The second kappa shape index (κ2) is 5.48. The summed E-state index contributed by atoms with van der Waals surface area (Å²) in [4.78, 5) is 0. The highest BCUT2D eigenvalue weighted by atomic mass is 79.9. The monoisotopic (exact) mass is 442 g/mol. The predicted molar refractivity (Wildman–Crippen MR) is 77.9 cm³/mol. The van der Waals surface area contributed by atoms with Crippen LogP contribution in [0.5, 0.6) is 0 Å². The molecule has 0 aliphatic heterocycles. The molecule has 1 N–H and O–H groups in total. The average Bonchev–Trinajstić information content (AvgIpc) is 2.60. The van der Waals surface area contributed by atoms with Crippen LogP contribution in [0.15, 0.2) is 36.3 Å². The molecule has 0 aliphatic rings. The molecule has 0 fully saturated rings. The fourth-order valence-corrected chi connectivity index (χ4v) is 4.69. The van der Waals surface area contributed by atoms with Gasteiger partial charge in [0.1, 0.15) is 11.9 Å². The van der Waals surface area contributed by atoms with Crippen molar-refractivity contribution in [2.75, 3.05) is 0 Å². The molecule has 2 aromatic rings. The molecule has 0 spiro atoms. The standard InChI is InChI=1S/C11H6Br3FOS/c12-5-1-2-8(15)6(3-5)10(16)7-4-9(13)17-11(7)14/h1-4,10,16H. The Morgan fingerprint density at radius 1 is 1.12 bits per heavy atom. The molecule has 0 aliphatic carbocycles. The molecule has 1 atom stereocenters. The SMILES string of the molecule is OC(c1cc(Br)ccc1F)c1cc(Br)sc1Br. The second-order valence-corrected chi connectivity index (χ2v) is 8.01. The van der Waals surface area contributed by atoms with Gasteiger partial charge in [-0.1, -0.05) is 15.9 Å². The van der Waals surface area contributed by atoms with Gasteiger partial charge in [-0.05, 0) is 56.1 Å². The molecule has 0 radical (unpaired) electrons. The van der Waals surface area contributed by atoms with Crippen molar-refractivity contribution in [2.24, 2.45) is 0 Å². The third kappa shape index (κ3) is 2.98. The quantitative estimate of drug-likeness (QED) is 0.670. The van der Waals surface area contributed by atoms with Crippen molar-refractivity contribution in [2.45, 2.75) is 6.10 Å². The summed E-state index contributed by atoms with van der Waals surface area (Å²) in [5.41, 5.74) is 0.907. The van der Waals surface area contributed by atoms with Crippen LogP contribution in [0.2, 0.25) is 0 Å². The lowest BCUT2D eigenvalue weighted by Gasteiger charge is -2.11. The molecule has 0 amide bonds. The maximum Gasteiger partial charge on any atom is 0.129 e. The van der Waals surface area contributed by atoms with E-state index in [1.807, 2.05) is 0 Å². The minimum absolute atomic E-state index is 0.255. The van der Waals surface area contributed by atoms with Crippen LogP contribution in [-0.2, 0) is 0 Å². The van der Waals surface area contributed by atoms with Crippen molar-refractivity contribution in [1.82, 2.24) is 0 Å². The van der Waals surface area contributed by atoms with E-state index in [4.69, 9.17) is 0 Å². The summed E-state index contributed by atoms with van der Waals surface area (Å²) in [7, 11) is 0. The van der Waals surface area contributed by atoms with Gasteiger partial charge in [-0.25, -0.2) is 4.39 Å². The van der Waals surface area contributed by atoms with Gasteiger partial charge in [0.15, 0.2) is 0 Å². The van der Waals surface area contributed by atoms with Crippen LogP contribution in [0.1, 0.15) is 17.2 Å². The maximum atomic E-state index is 13.6. The third-order valence-electron chi connectivity index (χ3n) is 2.23. The van der Waals surface area contributed by atoms with Gasteiger partial charge in [0.25, 0.3) is 0 Å². The van der Waals surface area contributed by atoms with Crippen LogP contribution in [0.25, 0.3) is 0 Å². The Kier molecular flexibility index (Phi) is 4.41. The Balaban J connectivity index is 2.46. The summed E-state index contributed by atoms with van der Waals surface area (Å²) in [6, 6.07) is 6.29. The van der Waals surface area contributed by atoms with Crippen LogP contribution in [0.4, 0.5) is 4.39 Å². The third-order valence-corrected chi connectivity index (χ3v) is 5.11. The fourth-order valence-electron chi connectivity index (χ4n) is 1.43. The zero-order valence-corrected chi connectivity index (χ0v) is 13.8. The van der Waals surface area contributed by atoms with E-state index in [1.165, 1.54) is 17.4 Å². The summed E-state index contributed by atoms with van der Waals surface area (Å²) < 4.78 is 16.0. The molecular formula is C11H6Br3FOS. The molecule has 0 saturated carbocycles. The molecule has 17 heavy (non-hydrogen) atoms. The molecule has 1 unspecified atom stereocenters. The van der Waals surface area contributed by atoms with E-state index in [2.05, 4.69) is 47.8 Å². The van der Waals surface area contributed by atoms with E-state index >= 15 is 0 Å². The first-order valence-electron chi connectivity index (χ1n) is 4.57. The maximum absolute atomic E-state index is 13.6. The van der Waals surface area contributed by atoms with Crippen molar-refractivity contribution in [1.29, 1.82) is 0 Å². The van der Waals surface area contributed by atoms with Crippen LogP contribution in [0, 0.1) is 5.82 Å². The summed E-state index contributed by atoms with van der Waals surface area (Å²) in [6.45, 7) is 0. The average molecular weight is 445 g/mol. The summed E-state index contributed by atoms with van der Waals surface area (Å²) in [6.07, 6.45) is -0.982. The largest absolute Gasteiger partial charge is 0.383 e. The Hall–Kier alpha value is 0.250. The summed E-state index contributed by atoms with van der Waals surface area (Å²) in [5.74, 6) is -0.421. The lowest BCUT2D eigenvalue weighted by molar-refractivity contribution is 0.214. The first kappa shape index (κ1) is 13.7. The summed E-state index contributed by atoms with van der Waals surface area (Å²) in [5, 5.41) is 10.2. The normalized spacial score (nSPS) is 12.8. The number of rotatable bonds is 2. The van der Waals surface area contributed by atoms with Gasteiger partial charge in [0.05, 0.1) is 7.57 Å². The number of aliphatic hydroxyl groups excluding tert-OH is 1. The second-order valence-electron chi connectivity index (χ2n) is 3.35. The topological polar surface area (TPSA) is 20.2 Å². The number of hydrogen-bond acceptors (Lipinski definition) is 2. The molecular weight excluding hydrogens is 439 g/mol. The van der Waals surface area contributed by atoms with Crippen molar-refractivity contribution in [3.05, 3.63) is 53.3 Å². The summed E-state index contributed by atoms with van der Waals surface area (Å²) >= 11 is 11.4. The fraction of sp³-hybridized carbons (Fsp3) is 0.0909. The molecule has 1 heterocycles. The van der Waals surface area contributed by atoms with E-state index in [-0.39, 0.29) is 5.56 Å². The van der Waals surface area contributed by atoms with E-state index in [9.17, 15) is 9.50 Å². The molecule has 0 saturated heterocycles. The molecule has 90 valence electrons. The van der Waals surface area contributed by atoms with Crippen LogP contribution < -0.4 is 0 Å². The van der Waals surface area contributed by atoms with Gasteiger partial charge in [0, 0.05) is 15.6 Å². The van der Waals surface area contributed by atoms with Crippen LogP contribution in [-0.4, -0.2) is 5.11 Å². The molecule has 1 aromatic carbocycles. The van der Waals surface area contributed by atoms with E-state index in [0.717, 1.165) is 12.0 Å². The zero-order valence-electron chi connectivity index (χ0n) is 8.25. The highest BCUT2D eigenvalue weighted by Crippen LogP contribution is 2.38. The van der Waals surface area contributed by atoms with Gasteiger partial charge in [-0.2, -0.15) is 0 Å². The van der Waals surface area contributed by atoms with E-state index in [0.29, 0.717) is 5.56 Å². The van der Waals surface area contributed by atoms with Crippen molar-refractivity contribution < 1.29 is 9.50 Å². The number of benzene rings is 1. The first-order chi connectivity index (χ1) is 7.99. The first-order valence-corrected chi connectivity index (χ1v) is 7.76. The highest BCUT2D eigenvalue weighted by Gasteiger charge is 2.19. The highest BCUT2D eigenvalue weighted by molar-refractivity contribution is 9.12. The van der Waals surface area contributed by atoms with Crippen molar-refractivity contribution >= 4 is 59.1 Å². The van der Waals surface area contributed by atoms with E-state index in [1.54, 1.807) is 18.2 Å². The molecule has 1 aromatic heterocycles. The van der Waals surface area contributed by atoms with Crippen molar-refractivity contribution in [3.8, 4) is 0 Å². The van der Waals surface area contributed by atoms with Gasteiger partial charge in [0.2, 0.25) is 0 Å². The Labute approximate surface area is 127 Å². The minimum Gasteiger partial charge on any atom is -0.383 e. The Morgan fingerprint density at radius 3 is 2.41 bits per heavy atom.